The molecule has 0 fully saturated rings. The van der Waals surface area contributed by atoms with Gasteiger partial charge in [-0.05, 0) is 0 Å². The molecule has 1 aliphatic heterocycles. The maximum atomic E-state index is 11.9. The van der Waals surface area contributed by atoms with E-state index in [1.165, 1.54) is 6.20 Å². The highest BCUT2D eigenvalue weighted by atomic mass is 35.5. The van der Waals surface area contributed by atoms with Crippen LogP contribution in [0.4, 0.5) is 0 Å². The Hall–Kier alpha value is -1.72. The molecule has 0 aromatic rings. The summed E-state index contributed by atoms with van der Waals surface area (Å²) in [4.78, 5) is 27.1. The number of carbonyl (C=O) groups excluding carboxylic acids is 2. The number of hydrogen-bond acceptors (Lipinski definition) is 8. The zero-order valence-corrected chi connectivity index (χ0v) is 12.8. The third-order valence-electron chi connectivity index (χ3n) is 2.66. The summed E-state index contributed by atoms with van der Waals surface area (Å²) in [6.07, 6.45) is 0.460. The Bertz CT molecular complexity index is 467. The summed E-state index contributed by atoms with van der Waals surface area (Å²) in [5, 5.41) is 9.26. The highest BCUT2D eigenvalue weighted by Gasteiger charge is 2.26. The summed E-state index contributed by atoms with van der Waals surface area (Å²) in [7, 11) is 0. The molecule has 11 heteroatoms. The molecule has 0 radical (unpaired) electrons. The molecule has 22 heavy (non-hydrogen) atoms. The Labute approximate surface area is 133 Å². The number of hydrogen-bond donors (Lipinski definition) is 6. The molecular formula is C11H21ClN8O2. The molecule has 0 aromatic carbocycles. The second-order valence-electron chi connectivity index (χ2n) is 4.41. The van der Waals surface area contributed by atoms with Crippen molar-refractivity contribution in [1.29, 1.82) is 0 Å². The van der Waals surface area contributed by atoms with E-state index in [-0.39, 0.29) is 23.3 Å². The minimum atomic E-state index is -0.863. The van der Waals surface area contributed by atoms with Crippen LogP contribution in [0.5, 0.6) is 0 Å². The fraction of sp³-hybridized carbons (Fsp3) is 0.545. The van der Waals surface area contributed by atoms with Gasteiger partial charge >= 0.3 is 0 Å². The van der Waals surface area contributed by atoms with E-state index in [0.717, 1.165) is 5.01 Å². The molecule has 0 spiro atoms. The van der Waals surface area contributed by atoms with Gasteiger partial charge in [-0.25, -0.2) is 10.8 Å². The van der Waals surface area contributed by atoms with Crippen LogP contribution in [0.15, 0.2) is 16.3 Å². The normalized spacial score (nSPS) is 17.6. The van der Waals surface area contributed by atoms with Crippen LogP contribution in [-0.2, 0) is 9.59 Å². The molecule has 1 unspecified atom stereocenters. The largest absolute Gasteiger partial charge is 0.354 e. The molecule has 1 rings (SSSR count). The van der Waals surface area contributed by atoms with Gasteiger partial charge in [-0.3, -0.25) is 14.6 Å². The summed E-state index contributed by atoms with van der Waals surface area (Å²) >= 11 is 5.73. The first kappa shape index (κ1) is 18.3. The van der Waals surface area contributed by atoms with Crippen LogP contribution in [0.3, 0.4) is 0 Å². The molecule has 10 nitrogen and oxygen atoms in total. The molecule has 0 aromatic heterocycles. The van der Waals surface area contributed by atoms with Crippen molar-refractivity contribution in [2.24, 2.45) is 22.3 Å². The Morgan fingerprint density at radius 1 is 1.32 bits per heavy atom. The topological polar surface area (TPSA) is 164 Å². The van der Waals surface area contributed by atoms with E-state index in [1.54, 1.807) is 0 Å². The third kappa shape index (κ3) is 5.95. The fourth-order valence-corrected chi connectivity index (χ4v) is 1.77. The van der Waals surface area contributed by atoms with Crippen LogP contribution in [0.2, 0.25) is 0 Å². The number of rotatable bonds is 8. The summed E-state index contributed by atoms with van der Waals surface area (Å²) in [5.74, 6) is 4.94. The van der Waals surface area contributed by atoms with E-state index in [0.29, 0.717) is 26.2 Å². The van der Waals surface area contributed by atoms with Crippen molar-refractivity contribution in [2.45, 2.75) is 6.17 Å². The Morgan fingerprint density at radius 2 is 2.05 bits per heavy atom. The lowest BCUT2D eigenvalue weighted by molar-refractivity contribution is -0.120. The number of nitrogens with one attached hydrogen (secondary N) is 3. The van der Waals surface area contributed by atoms with Gasteiger partial charge in [-0.1, -0.05) is 11.6 Å². The molecule has 1 atom stereocenters. The average molecular weight is 333 g/mol. The summed E-state index contributed by atoms with van der Waals surface area (Å²) in [6, 6.07) is 0. The van der Waals surface area contributed by atoms with Crippen molar-refractivity contribution in [3.63, 3.8) is 0 Å². The van der Waals surface area contributed by atoms with Crippen molar-refractivity contribution in [3.05, 3.63) is 11.4 Å². The number of aliphatic imine (C=N–C) groups is 1. The van der Waals surface area contributed by atoms with Crippen LogP contribution in [-0.4, -0.2) is 61.4 Å². The number of halogens is 1. The van der Waals surface area contributed by atoms with Crippen LogP contribution < -0.4 is 33.3 Å². The fourth-order valence-electron chi connectivity index (χ4n) is 1.57. The van der Waals surface area contributed by atoms with Crippen molar-refractivity contribution in [3.8, 4) is 0 Å². The highest BCUT2D eigenvalue weighted by Crippen LogP contribution is 2.11. The van der Waals surface area contributed by atoms with E-state index in [2.05, 4.69) is 20.9 Å². The molecule has 0 bridgehead atoms. The van der Waals surface area contributed by atoms with E-state index in [4.69, 9.17) is 28.9 Å². The van der Waals surface area contributed by atoms with E-state index in [9.17, 15) is 9.59 Å². The smallest absolute Gasteiger partial charge is 0.269 e. The molecule has 124 valence electrons. The molecular weight excluding hydrogens is 312 g/mol. The third-order valence-corrected chi connectivity index (χ3v) is 2.84. The highest BCUT2D eigenvalue weighted by molar-refractivity contribution is 6.43. The van der Waals surface area contributed by atoms with Gasteiger partial charge in [0.25, 0.3) is 5.91 Å². The van der Waals surface area contributed by atoms with Crippen molar-refractivity contribution in [1.82, 2.24) is 21.0 Å². The first-order chi connectivity index (χ1) is 10.5. The van der Waals surface area contributed by atoms with Crippen LogP contribution >= 0.6 is 11.6 Å². The number of carbonyl (C=O) groups is 2. The maximum Gasteiger partial charge on any atom is 0.269 e. The second kappa shape index (κ2) is 9.33. The molecule has 1 heterocycles. The minimum absolute atomic E-state index is 0.0238. The van der Waals surface area contributed by atoms with Crippen molar-refractivity contribution < 1.29 is 9.59 Å². The van der Waals surface area contributed by atoms with E-state index >= 15 is 0 Å². The molecule has 9 N–H and O–H groups in total. The van der Waals surface area contributed by atoms with Gasteiger partial charge in [0.15, 0.2) is 0 Å². The molecule has 0 saturated heterocycles. The van der Waals surface area contributed by atoms with E-state index in [1.807, 2.05) is 0 Å². The quantitative estimate of drug-likeness (QED) is 0.154. The summed E-state index contributed by atoms with van der Waals surface area (Å²) < 4.78 is 0. The molecule has 2 amide bonds. The second-order valence-corrected chi connectivity index (χ2v) is 4.80. The zero-order valence-electron chi connectivity index (χ0n) is 12.0. The van der Waals surface area contributed by atoms with Gasteiger partial charge in [0.2, 0.25) is 5.91 Å². The molecule has 0 aliphatic carbocycles. The number of hydrazine groups is 1. The SMILES string of the molecule is NCCNC(=O)CNCCNC(=O)C1=NC(Cl)=CN(N)C1N. The lowest BCUT2D eigenvalue weighted by atomic mass is 10.2. The summed E-state index contributed by atoms with van der Waals surface area (Å²) in [5.41, 5.74) is 11.0. The molecule has 0 saturated carbocycles. The number of nitrogens with zero attached hydrogens (tertiary/aromatic N) is 2. The van der Waals surface area contributed by atoms with Gasteiger partial charge in [-0.2, -0.15) is 0 Å². The van der Waals surface area contributed by atoms with Crippen LogP contribution in [0.1, 0.15) is 0 Å². The van der Waals surface area contributed by atoms with Gasteiger partial charge in [-0.15, -0.1) is 0 Å². The molecule has 1 aliphatic rings. The predicted molar refractivity (Wildman–Crippen MR) is 83.3 cm³/mol. The lowest BCUT2D eigenvalue weighted by Crippen LogP contribution is -2.55. The van der Waals surface area contributed by atoms with Crippen molar-refractivity contribution >= 4 is 29.1 Å². The average Bonchev–Trinajstić information content (AvgIpc) is 2.48. The van der Waals surface area contributed by atoms with Gasteiger partial charge in [0.1, 0.15) is 17.0 Å². The first-order valence-electron chi connectivity index (χ1n) is 6.66. The van der Waals surface area contributed by atoms with Crippen molar-refractivity contribution in [2.75, 3.05) is 32.7 Å². The van der Waals surface area contributed by atoms with Gasteiger partial charge in [0.05, 0.1) is 12.7 Å². The Morgan fingerprint density at radius 3 is 2.73 bits per heavy atom. The Kier molecular flexibility index (Phi) is 7.77. The minimum Gasteiger partial charge on any atom is -0.354 e. The first-order valence-corrected chi connectivity index (χ1v) is 7.03. The van der Waals surface area contributed by atoms with Crippen LogP contribution in [0.25, 0.3) is 0 Å². The number of nitrogens with two attached hydrogens (primary N) is 3. The standard InChI is InChI=1S/C11H21ClN8O2/c12-7-6-20(15)10(14)9(19-7)11(22)18-4-3-16-5-8(21)17-2-1-13/h6,10,16H,1-5,13-15H2,(H,17,21)(H,18,22). The number of amides is 2. The van der Waals surface area contributed by atoms with Gasteiger partial charge < -0.3 is 27.4 Å². The monoisotopic (exact) mass is 332 g/mol. The van der Waals surface area contributed by atoms with Crippen LogP contribution in [0, 0.1) is 0 Å². The zero-order chi connectivity index (χ0) is 16.5. The lowest BCUT2D eigenvalue weighted by Gasteiger charge is -2.26. The Balaban J connectivity index is 2.26. The maximum absolute atomic E-state index is 11.9. The summed E-state index contributed by atoms with van der Waals surface area (Å²) in [6.45, 7) is 1.65. The van der Waals surface area contributed by atoms with E-state index < -0.39 is 12.1 Å². The van der Waals surface area contributed by atoms with Gasteiger partial charge in [0, 0.05) is 26.2 Å². The predicted octanol–water partition coefficient (Wildman–Crippen LogP) is -3.28.